The second-order valence-corrected chi connectivity index (χ2v) is 3.13. The number of rotatable bonds is 2. The zero-order chi connectivity index (χ0) is 8.62. The van der Waals surface area contributed by atoms with Gasteiger partial charge in [0.2, 0.25) is 10.0 Å². The van der Waals surface area contributed by atoms with Gasteiger partial charge in [-0.15, -0.1) is 6.42 Å². The molecule has 4 heteroatoms. The third-order valence-electron chi connectivity index (χ3n) is 0.436. The Bertz CT molecular complexity index is 188. The van der Waals surface area contributed by atoms with E-state index in [9.17, 15) is 8.42 Å². The van der Waals surface area contributed by atoms with Crippen LogP contribution in [0.5, 0.6) is 0 Å². The first kappa shape index (κ1) is 12.2. The zero-order valence-electron chi connectivity index (χ0n) is 6.51. The maximum Gasteiger partial charge on any atom is 0.209 e. The molecule has 0 atom stereocenters. The average molecular weight is 163 g/mol. The number of hydrogen-bond donors (Lipinski definition) is 1. The van der Waals surface area contributed by atoms with E-state index in [1.165, 1.54) is 0 Å². The first-order valence-electron chi connectivity index (χ1n) is 2.94. The van der Waals surface area contributed by atoms with Gasteiger partial charge in [0.15, 0.2) is 0 Å². The average Bonchev–Trinajstić information content (AvgIpc) is 1.87. The van der Waals surface area contributed by atoms with E-state index in [4.69, 9.17) is 6.42 Å². The Hall–Kier alpha value is -0.530. The summed E-state index contributed by atoms with van der Waals surface area (Å²) in [7, 11) is -3.08. The van der Waals surface area contributed by atoms with Gasteiger partial charge >= 0.3 is 0 Å². The highest BCUT2D eigenvalue weighted by Crippen LogP contribution is 1.68. The van der Waals surface area contributed by atoms with Gasteiger partial charge in [0.1, 0.15) is 0 Å². The Labute approximate surface area is 62.9 Å². The summed E-state index contributed by atoms with van der Waals surface area (Å²) in [6, 6.07) is 0. The third-order valence-corrected chi connectivity index (χ3v) is 1.11. The Morgan fingerprint density at radius 1 is 1.50 bits per heavy atom. The molecule has 0 aliphatic rings. The van der Waals surface area contributed by atoms with E-state index >= 15 is 0 Å². The highest BCUT2D eigenvalue weighted by molar-refractivity contribution is 7.88. The summed E-state index contributed by atoms with van der Waals surface area (Å²) in [6.45, 7) is 4.07. The highest BCUT2D eigenvalue weighted by Gasteiger charge is 1.94. The Balaban J connectivity index is 0. The number of nitrogens with one attached hydrogen (secondary N) is 1. The van der Waals surface area contributed by atoms with Crippen LogP contribution in [-0.2, 0) is 10.0 Å². The molecule has 0 heterocycles. The lowest BCUT2D eigenvalue weighted by Gasteiger charge is -1.91. The molecule has 0 spiro atoms. The molecule has 0 saturated carbocycles. The molecule has 0 saturated heterocycles. The van der Waals surface area contributed by atoms with Crippen LogP contribution in [-0.4, -0.2) is 21.2 Å². The quantitative estimate of drug-likeness (QED) is 0.591. The van der Waals surface area contributed by atoms with Crippen LogP contribution in [0.4, 0.5) is 0 Å². The number of terminal acetylenes is 1. The summed E-state index contributed by atoms with van der Waals surface area (Å²) in [5.41, 5.74) is 0. The van der Waals surface area contributed by atoms with Gasteiger partial charge in [0.25, 0.3) is 0 Å². The van der Waals surface area contributed by atoms with Crippen LogP contribution in [0.2, 0.25) is 0 Å². The Morgan fingerprint density at radius 3 is 2.00 bits per heavy atom. The zero-order valence-corrected chi connectivity index (χ0v) is 7.33. The molecule has 0 aromatic carbocycles. The Morgan fingerprint density at radius 2 is 1.90 bits per heavy atom. The predicted octanol–water partition coefficient (Wildman–Crippen LogP) is 0.195. The predicted molar refractivity (Wildman–Crippen MR) is 43.0 cm³/mol. The van der Waals surface area contributed by atoms with Gasteiger partial charge in [-0.25, -0.2) is 13.1 Å². The minimum Gasteiger partial charge on any atom is -0.213 e. The van der Waals surface area contributed by atoms with Crippen LogP contribution in [0.25, 0.3) is 0 Å². The molecular weight excluding hydrogens is 150 g/mol. The summed E-state index contributed by atoms with van der Waals surface area (Å²) in [5, 5.41) is 0. The van der Waals surface area contributed by atoms with Crippen molar-refractivity contribution in [2.24, 2.45) is 0 Å². The highest BCUT2D eigenvalue weighted by atomic mass is 32.2. The monoisotopic (exact) mass is 163 g/mol. The number of sulfonamides is 1. The van der Waals surface area contributed by atoms with E-state index < -0.39 is 10.0 Å². The normalized spacial score (nSPS) is 9.00. The summed E-state index contributed by atoms with van der Waals surface area (Å²) in [6.07, 6.45) is 5.82. The summed E-state index contributed by atoms with van der Waals surface area (Å²) in [5.74, 6) is 2.13. The van der Waals surface area contributed by atoms with E-state index in [1.807, 2.05) is 13.8 Å². The molecule has 0 rings (SSSR count). The minimum atomic E-state index is -3.08. The molecule has 0 aromatic rings. The maximum atomic E-state index is 10.2. The van der Waals surface area contributed by atoms with Crippen molar-refractivity contribution in [1.82, 2.24) is 4.72 Å². The van der Waals surface area contributed by atoms with Crippen molar-refractivity contribution in [1.29, 1.82) is 0 Å². The SMILES string of the molecule is C#CCNS(C)(=O)=O.CC. The van der Waals surface area contributed by atoms with E-state index in [1.54, 1.807) is 0 Å². The largest absolute Gasteiger partial charge is 0.213 e. The molecule has 0 unspecified atom stereocenters. The molecule has 0 fully saturated rings. The second kappa shape index (κ2) is 6.59. The molecule has 0 aliphatic heterocycles. The van der Waals surface area contributed by atoms with Crippen molar-refractivity contribution < 1.29 is 8.42 Å². The fourth-order valence-corrected chi connectivity index (χ4v) is 0.518. The van der Waals surface area contributed by atoms with Crippen LogP contribution in [0, 0.1) is 12.3 Å². The van der Waals surface area contributed by atoms with Crippen molar-refractivity contribution in [3.63, 3.8) is 0 Å². The van der Waals surface area contributed by atoms with Gasteiger partial charge in [-0.3, -0.25) is 0 Å². The lowest BCUT2D eigenvalue weighted by atomic mass is 10.7. The van der Waals surface area contributed by atoms with Crippen molar-refractivity contribution in [3.8, 4) is 12.3 Å². The van der Waals surface area contributed by atoms with E-state index in [0.29, 0.717) is 0 Å². The van der Waals surface area contributed by atoms with Crippen LogP contribution < -0.4 is 4.72 Å². The van der Waals surface area contributed by atoms with Crippen molar-refractivity contribution in [2.45, 2.75) is 13.8 Å². The van der Waals surface area contributed by atoms with Crippen LogP contribution in [0.15, 0.2) is 0 Å². The molecule has 0 aromatic heterocycles. The molecule has 0 radical (unpaired) electrons. The lowest BCUT2D eigenvalue weighted by molar-refractivity contribution is 0.592. The Kier molecular flexibility index (Phi) is 8.02. The van der Waals surface area contributed by atoms with Gasteiger partial charge < -0.3 is 0 Å². The summed E-state index contributed by atoms with van der Waals surface area (Å²) >= 11 is 0. The number of hydrogen-bond acceptors (Lipinski definition) is 2. The van der Waals surface area contributed by atoms with Gasteiger partial charge in [-0.1, -0.05) is 19.8 Å². The van der Waals surface area contributed by atoms with Crippen LogP contribution in [0.3, 0.4) is 0 Å². The molecule has 0 bridgehead atoms. The standard InChI is InChI=1S/C4H7NO2S.C2H6/c1-3-4-5-8(2,6)7;1-2/h1,5H,4H2,2H3;1-2H3. The van der Waals surface area contributed by atoms with Crippen molar-refractivity contribution >= 4 is 10.0 Å². The first-order chi connectivity index (χ1) is 4.56. The van der Waals surface area contributed by atoms with Gasteiger partial charge in [-0.2, -0.15) is 0 Å². The second-order valence-electron chi connectivity index (χ2n) is 1.30. The molecule has 10 heavy (non-hydrogen) atoms. The molecule has 60 valence electrons. The molecular formula is C6H13NO2S. The summed E-state index contributed by atoms with van der Waals surface area (Å²) < 4.78 is 22.5. The van der Waals surface area contributed by atoms with Gasteiger partial charge in [0.05, 0.1) is 12.8 Å². The first-order valence-corrected chi connectivity index (χ1v) is 4.83. The molecule has 3 nitrogen and oxygen atoms in total. The van der Waals surface area contributed by atoms with E-state index in [-0.39, 0.29) is 6.54 Å². The van der Waals surface area contributed by atoms with Gasteiger partial charge in [-0.05, 0) is 0 Å². The third kappa shape index (κ3) is 15.6. The lowest BCUT2D eigenvalue weighted by Crippen LogP contribution is -2.21. The van der Waals surface area contributed by atoms with E-state index in [0.717, 1.165) is 6.26 Å². The summed E-state index contributed by atoms with van der Waals surface area (Å²) in [4.78, 5) is 0. The maximum absolute atomic E-state index is 10.2. The van der Waals surface area contributed by atoms with Crippen molar-refractivity contribution in [3.05, 3.63) is 0 Å². The van der Waals surface area contributed by atoms with E-state index in [2.05, 4.69) is 10.6 Å². The fourth-order valence-electron chi connectivity index (χ4n) is 0.173. The fraction of sp³-hybridized carbons (Fsp3) is 0.667. The van der Waals surface area contributed by atoms with Crippen LogP contribution >= 0.6 is 0 Å². The topological polar surface area (TPSA) is 46.2 Å². The minimum absolute atomic E-state index is 0.0683. The van der Waals surface area contributed by atoms with Crippen molar-refractivity contribution in [2.75, 3.05) is 12.8 Å². The smallest absolute Gasteiger partial charge is 0.209 e. The molecule has 1 N–H and O–H groups in total. The van der Waals surface area contributed by atoms with Crippen LogP contribution in [0.1, 0.15) is 13.8 Å². The molecule has 0 aliphatic carbocycles. The molecule has 0 amide bonds. The van der Waals surface area contributed by atoms with Gasteiger partial charge in [0, 0.05) is 0 Å².